The van der Waals surface area contributed by atoms with E-state index in [-0.39, 0.29) is 0 Å². The average Bonchev–Trinajstić information content (AvgIpc) is 2.44. The van der Waals surface area contributed by atoms with Gasteiger partial charge in [0.05, 0.1) is 6.61 Å². The molecule has 1 heterocycles. The minimum absolute atomic E-state index is 0.750. The highest BCUT2D eigenvalue weighted by Gasteiger charge is 1.97. The fraction of sp³-hybridized carbons (Fsp3) is 0.267. The topological polar surface area (TPSA) is 34.1 Å². The van der Waals surface area contributed by atoms with Crippen molar-refractivity contribution in [3.63, 3.8) is 0 Å². The smallest absolute Gasteiger partial charge is 0.126 e. The van der Waals surface area contributed by atoms with Crippen molar-refractivity contribution in [1.82, 2.24) is 4.98 Å². The third-order valence-electron chi connectivity index (χ3n) is 2.51. The number of nitrogens with zero attached hydrogens (tertiary/aromatic N) is 1. The van der Waals surface area contributed by atoms with Gasteiger partial charge in [-0.3, -0.25) is 0 Å². The Bertz CT molecular complexity index is 471. The fourth-order valence-corrected chi connectivity index (χ4v) is 1.63. The summed E-state index contributed by atoms with van der Waals surface area (Å²) in [6, 6.07) is 14.0. The molecule has 0 fully saturated rings. The molecule has 0 atom stereocenters. The Hall–Kier alpha value is -2.03. The van der Waals surface area contributed by atoms with E-state index in [0.29, 0.717) is 0 Å². The van der Waals surface area contributed by atoms with E-state index >= 15 is 0 Å². The Morgan fingerprint density at radius 3 is 2.89 bits per heavy atom. The molecule has 0 saturated carbocycles. The lowest BCUT2D eigenvalue weighted by molar-refractivity contribution is 0.317. The van der Waals surface area contributed by atoms with Gasteiger partial charge in [-0.2, -0.15) is 0 Å². The first-order valence-corrected chi connectivity index (χ1v) is 6.25. The van der Waals surface area contributed by atoms with Crippen LogP contribution in [0, 0.1) is 0 Å². The molecule has 0 unspecified atom stereocenters. The van der Waals surface area contributed by atoms with Crippen LogP contribution in [0.25, 0.3) is 0 Å². The quantitative estimate of drug-likeness (QED) is 0.842. The molecule has 1 aromatic heterocycles. The van der Waals surface area contributed by atoms with Gasteiger partial charge in [0.15, 0.2) is 0 Å². The number of nitrogens with one attached hydrogen (secondary N) is 1. The molecule has 3 heteroatoms. The number of benzene rings is 1. The third kappa shape index (κ3) is 3.77. The van der Waals surface area contributed by atoms with E-state index in [1.165, 1.54) is 5.56 Å². The second-order valence-electron chi connectivity index (χ2n) is 4.06. The summed E-state index contributed by atoms with van der Waals surface area (Å²) in [4.78, 5) is 4.22. The lowest BCUT2D eigenvalue weighted by atomic mass is 10.2. The minimum atomic E-state index is 0.750. The van der Waals surface area contributed by atoms with Crippen molar-refractivity contribution >= 4 is 5.82 Å². The molecule has 18 heavy (non-hydrogen) atoms. The van der Waals surface area contributed by atoms with Crippen LogP contribution in [-0.2, 0) is 6.54 Å². The van der Waals surface area contributed by atoms with Crippen LogP contribution in [0.1, 0.15) is 18.9 Å². The first kappa shape index (κ1) is 12.4. The summed E-state index contributed by atoms with van der Waals surface area (Å²) in [5, 5.41) is 3.28. The van der Waals surface area contributed by atoms with E-state index in [1.54, 1.807) is 6.20 Å². The molecule has 1 N–H and O–H groups in total. The van der Waals surface area contributed by atoms with E-state index in [4.69, 9.17) is 4.74 Å². The van der Waals surface area contributed by atoms with Crippen molar-refractivity contribution in [2.24, 2.45) is 0 Å². The van der Waals surface area contributed by atoms with Gasteiger partial charge in [-0.15, -0.1) is 0 Å². The van der Waals surface area contributed by atoms with Gasteiger partial charge in [-0.1, -0.05) is 25.1 Å². The molecular weight excluding hydrogens is 224 g/mol. The van der Waals surface area contributed by atoms with Gasteiger partial charge >= 0.3 is 0 Å². The maximum absolute atomic E-state index is 5.60. The maximum atomic E-state index is 5.60. The monoisotopic (exact) mass is 242 g/mol. The minimum Gasteiger partial charge on any atom is -0.494 e. The van der Waals surface area contributed by atoms with E-state index in [9.17, 15) is 0 Å². The molecule has 0 aliphatic rings. The van der Waals surface area contributed by atoms with E-state index < -0.39 is 0 Å². The normalized spacial score (nSPS) is 10.1. The van der Waals surface area contributed by atoms with Crippen molar-refractivity contribution in [3.05, 3.63) is 54.2 Å². The Morgan fingerprint density at radius 1 is 1.17 bits per heavy atom. The van der Waals surface area contributed by atoms with Gasteiger partial charge in [0.25, 0.3) is 0 Å². The van der Waals surface area contributed by atoms with Gasteiger partial charge in [0.2, 0.25) is 0 Å². The van der Waals surface area contributed by atoms with Crippen LogP contribution < -0.4 is 10.1 Å². The van der Waals surface area contributed by atoms with E-state index in [2.05, 4.69) is 29.4 Å². The van der Waals surface area contributed by atoms with Gasteiger partial charge < -0.3 is 10.1 Å². The lowest BCUT2D eigenvalue weighted by Gasteiger charge is -2.08. The second-order valence-corrected chi connectivity index (χ2v) is 4.06. The Balaban J connectivity index is 1.93. The van der Waals surface area contributed by atoms with Crippen LogP contribution in [0.3, 0.4) is 0 Å². The zero-order valence-corrected chi connectivity index (χ0v) is 10.6. The highest BCUT2D eigenvalue weighted by molar-refractivity contribution is 5.36. The Morgan fingerprint density at radius 2 is 2.11 bits per heavy atom. The van der Waals surface area contributed by atoms with Crippen molar-refractivity contribution in [2.75, 3.05) is 11.9 Å². The number of hydrogen-bond acceptors (Lipinski definition) is 3. The first-order chi connectivity index (χ1) is 8.88. The van der Waals surface area contributed by atoms with Crippen LogP contribution in [0.5, 0.6) is 5.75 Å². The van der Waals surface area contributed by atoms with Gasteiger partial charge in [-0.05, 0) is 36.2 Å². The number of pyridine rings is 1. The van der Waals surface area contributed by atoms with Gasteiger partial charge in [0, 0.05) is 12.7 Å². The Labute approximate surface area is 108 Å². The molecule has 0 saturated heterocycles. The zero-order chi connectivity index (χ0) is 12.6. The van der Waals surface area contributed by atoms with E-state index in [0.717, 1.165) is 31.1 Å². The summed E-state index contributed by atoms with van der Waals surface area (Å²) in [6.07, 6.45) is 2.81. The standard InChI is InChI=1S/C15H18N2O/c1-2-10-18-14-7-5-6-13(11-14)12-17-15-8-3-4-9-16-15/h3-9,11H,2,10,12H2,1H3,(H,16,17). The molecule has 0 spiro atoms. The molecule has 0 amide bonds. The Kier molecular flexibility index (Phi) is 4.59. The van der Waals surface area contributed by atoms with E-state index in [1.807, 2.05) is 30.3 Å². The van der Waals surface area contributed by atoms with Crippen molar-refractivity contribution in [2.45, 2.75) is 19.9 Å². The first-order valence-electron chi connectivity index (χ1n) is 6.25. The van der Waals surface area contributed by atoms with Crippen LogP contribution in [0.4, 0.5) is 5.82 Å². The number of aromatic nitrogens is 1. The molecule has 0 aliphatic heterocycles. The number of anilines is 1. The van der Waals surface area contributed by atoms with Gasteiger partial charge in [0.1, 0.15) is 11.6 Å². The number of hydrogen-bond donors (Lipinski definition) is 1. The molecule has 0 radical (unpaired) electrons. The molecule has 2 aromatic rings. The number of rotatable bonds is 6. The highest BCUT2D eigenvalue weighted by Crippen LogP contribution is 2.14. The van der Waals surface area contributed by atoms with Crippen LogP contribution >= 0.6 is 0 Å². The summed E-state index contributed by atoms with van der Waals surface area (Å²) in [7, 11) is 0. The summed E-state index contributed by atoms with van der Waals surface area (Å²) in [5.74, 6) is 1.81. The number of ether oxygens (including phenoxy) is 1. The summed E-state index contributed by atoms with van der Waals surface area (Å²) in [5.41, 5.74) is 1.19. The summed E-state index contributed by atoms with van der Waals surface area (Å²) >= 11 is 0. The SMILES string of the molecule is CCCOc1cccc(CNc2ccccn2)c1. The fourth-order valence-electron chi connectivity index (χ4n) is 1.63. The summed E-state index contributed by atoms with van der Waals surface area (Å²) < 4.78 is 5.60. The van der Waals surface area contributed by atoms with Crippen molar-refractivity contribution < 1.29 is 4.74 Å². The third-order valence-corrected chi connectivity index (χ3v) is 2.51. The maximum Gasteiger partial charge on any atom is 0.126 e. The predicted molar refractivity (Wildman–Crippen MR) is 73.8 cm³/mol. The molecule has 3 nitrogen and oxygen atoms in total. The van der Waals surface area contributed by atoms with Crippen LogP contribution in [-0.4, -0.2) is 11.6 Å². The predicted octanol–water partition coefficient (Wildman–Crippen LogP) is 3.48. The molecular formula is C15H18N2O. The van der Waals surface area contributed by atoms with Crippen molar-refractivity contribution in [3.8, 4) is 5.75 Å². The molecule has 0 aliphatic carbocycles. The van der Waals surface area contributed by atoms with Crippen LogP contribution in [0.2, 0.25) is 0 Å². The second kappa shape index (κ2) is 6.64. The zero-order valence-electron chi connectivity index (χ0n) is 10.6. The van der Waals surface area contributed by atoms with Gasteiger partial charge in [-0.25, -0.2) is 4.98 Å². The lowest BCUT2D eigenvalue weighted by Crippen LogP contribution is -2.01. The van der Waals surface area contributed by atoms with Crippen LogP contribution in [0.15, 0.2) is 48.7 Å². The average molecular weight is 242 g/mol. The largest absolute Gasteiger partial charge is 0.494 e. The highest BCUT2D eigenvalue weighted by atomic mass is 16.5. The molecule has 0 bridgehead atoms. The molecule has 1 aromatic carbocycles. The molecule has 2 rings (SSSR count). The summed E-state index contributed by atoms with van der Waals surface area (Å²) in [6.45, 7) is 3.62. The molecule has 94 valence electrons. The van der Waals surface area contributed by atoms with Crippen molar-refractivity contribution in [1.29, 1.82) is 0 Å².